The Bertz CT molecular complexity index is 193. The van der Waals surface area contributed by atoms with Gasteiger partial charge in [-0.25, -0.2) is 0 Å². The third-order valence-electron chi connectivity index (χ3n) is 1.39. The van der Waals surface area contributed by atoms with Crippen LogP contribution >= 0.6 is 45.4 Å². The molecule has 0 aromatic heterocycles. The lowest BCUT2D eigenvalue weighted by atomic mass is 11.9. The van der Waals surface area contributed by atoms with Crippen LogP contribution in [0.5, 0.6) is 0 Å². The Labute approximate surface area is 114 Å². The Kier molecular flexibility index (Phi) is 6.76. The van der Waals surface area contributed by atoms with E-state index in [0.717, 1.165) is 0 Å². The fraction of sp³-hybridized carbons (Fsp3) is 1.00. The van der Waals surface area contributed by atoms with Crippen molar-refractivity contribution in [3.63, 3.8) is 0 Å². The third-order valence-corrected chi connectivity index (χ3v) is 15.8. The molecule has 0 aromatic rings. The zero-order chi connectivity index (χ0) is 12.3. The van der Waals surface area contributed by atoms with Crippen LogP contribution in [0.3, 0.4) is 0 Å². The van der Waals surface area contributed by atoms with E-state index < -0.39 is 23.8 Å². The van der Waals surface area contributed by atoms with Gasteiger partial charge in [-0.15, -0.1) is 45.4 Å². The maximum Gasteiger partial charge on any atom is 0.312 e. The lowest BCUT2D eigenvalue weighted by Crippen LogP contribution is -2.52. The zero-order valence-electron chi connectivity index (χ0n) is 9.24. The highest BCUT2D eigenvalue weighted by atomic mass is 35.6. The van der Waals surface area contributed by atoms with Gasteiger partial charge in [-0.2, -0.15) is 0 Å². The molecule has 92 valence electrons. The largest absolute Gasteiger partial charge is 0.424 e. The van der Waals surface area contributed by atoms with Crippen molar-refractivity contribution in [3.05, 3.63) is 0 Å². The molecule has 0 amide bonds. The van der Waals surface area contributed by atoms with Crippen molar-refractivity contribution in [1.82, 2.24) is 0 Å². The molecule has 0 saturated carbocycles. The first kappa shape index (κ1) is 16.7. The first-order valence-electron chi connectivity index (χ1n) is 4.44. The summed E-state index contributed by atoms with van der Waals surface area (Å²) < 4.78 is 11.6. The van der Waals surface area contributed by atoms with Gasteiger partial charge in [-0.1, -0.05) is 0 Å². The van der Waals surface area contributed by atoms with Crippen LogP contribution in [0.15, 0.2) is 0 Å². The second-order valence-corrected chi connectivity index (χ2v) is 19.8. The highest BCUT2D eigenvalue weighted by Gasteiger charge is 2.41. The van der Waals surface area contributed by atoms with E-state index in [1.165, 1.54) is 0 Å². The van der Waals surface area contributed by atoms with Crippen LogP contribution in [-0.2, 0) is 8.23 Å². The average Bonchev–Trinajstić information content (AvgIpc) is 2.00. The Balaban J connectivity index is 4.43. The molecular weight excluding hydrogens is 330 g/mol. The van der Waals surface area contributed by atoms with E-state index in [1.54, 1.807) is 0 Å². The van der Waals surface area contributed by atoms with Crippen LogP contribution in [0.1, 0.15) is 0 Å². The minimum Gasteiger partial charge on any atom is -0.424 e. The molecule has 0 saturated heterocycles. The smallest absolute Gasteiger partial charge is 0.312 e. The van der Waals surface area contributed by atoms with Gasteiger partial charge in [0.05, 0.1) is 11.0 Å². The molecule has 9 heteroatoms. The molecule has 15 heavy (non-hydrogen) atoms. The SMILES string of the molecule is C[Si](Cl)(CCl)O[Si](C)(C)O[Si](C)(Cl)CCl. The van der Waals surface area contributed by atoms with Crippen molar-refractivity contribution < 1.29 is 8.23 Å². The van der Waals surface area contributed by atoms with E-state index in [1.807, 2.05) is 26.2 Å². The van der Waals surface area contributed by atoms with Crippen LogP contribution in [0.25, 0.3) is 0 Å². The number of alkyl halides is 2. The summed E-state index contributed by atoms with van der Waals surface area (Å²) in [4.78, 5) is 0. The minimum absolute atomic E-state index is 0.329. The van der Waals surface area contributed by atoms with Gasteiger partial charge in [0, 0.05) is 0 Å². The van der Waals surface area contributed by atoms with Crippen LogP contribution in [0.2, 0.25) is 26.2 Å². The molecule has 0 aliphatic rings. The summed E-state index contributed by atoms with van der Waals surface area (Å²) in [5.74, 6) is 0. The van der Waals surface area contributed by atoms with Crippen LogP contribution in [0.4, 0.5) is 0 Å². The number of hydrogen-bond donors (Lipinski definition) is 0. The van der Waals surface area contributed by atoms with E-state index in [4.69, 9.17) is 53.6 Å². The molecule has 0 bridgehead atoms. The molecule has 0 aromatic carbocycles. The predicted octanol–water partition coefficient (Wildman–Crippen LogP) is 3.90. The van der Waals surface area contributed by atoms with Gasteiger partial charge in [0.15, 0.2) is 0 Å². The molecule has 0 heterocycles. The fourth-order valence-electron chi connectivity index (χ4n) is 1.10. The summed E-state index contributed by atoms with van der Waals surface area (Å²) in [6, 6.07) is 0. The Morgan fingerprint density at radius 2 is 1.07 bits per heavy atom. The molecule has 0 N–H and O–H groups in total. The van der Waals surface area contributed by atoms with Gasteiger partial charge in [0.2, 0.25) is 0 Å². The monoisotopic (exact) mass is 344 g/mol. The van der Waals surface area contributed by atoms with Gasteiger partial charge in [0.1, 0.15) is 0 Å². The first-order valence-corrected chi connectivity index (χ1v) is 15.6. The maximum atomic E-state index is 6.16. The first-order chi connectivity index (χ1) is 6.54. The quantitative estimate of drug-likeness (QED) is 0.413. The van der Waals surface area contributed by atoms with Gasteiger partial charge in [0.25, 0.3) is 15.3 Å². The molecule has 2 unspecified atom stereocenters. The molecule has 0 aliphatic carbocycles. The van der Waals surface area contributed by atoms with E-state index in [0.29, 0.717) is 11.0 Å². The second-order valence-electron chi connectivity index (χ2n) is 4.07. The number of rotatable bonds is 6. The summed E-state index contributed by atoms with van der Waals surface area (Å²) in [7, 11) is -6.99. The fourth-order valence-corrected chi connectivity index (χ4v) is 14.6. The van der Waals surface area contributed by atoms with Gasteiger partial charge < -0.3 is 8.23 Å². The molecule has 0 spiro atoms. The highest BCUT2D eigenvalue weighted by molar-refractivity contribution is 7.22. The van der Waals surface area contributed by atoms with E-state index in [2.05, 4.69) is 0 Å². The molecular formula is C6H16Cl4O2Si3. The lowest BCUT2D eigenvalue weighted by Gasteiger charge is -2.34. The van der Waals surface area contributed by atoms with Crippen LogP contribution in [0, 0.1) is 0 Å². The van der Waals surface area contributed by atoms with Crippen molar-refractivity contribution in [2.45, 2.75) is 26.2 Å². The number of halogens is 4. The van der Waals surface area contributed by atoms with Crippen molar-refractivity contribution in [1.29, 1.82) is 0 Å². The topological polar surface area (TPSA) is 18.5 Å². The van der Waals surface area contributed by atoms with E-state index in [-0.39, 0.29) is 0 Å². The Morgan fingerprint density at radius 3 is 1.27 bits per heavy atom. The van der Waals surface area contributed by atoms with Crippen molar-refractivity contribution in [3.8, 4) is 0 Å². The van der Waals surface area contributed by atoms with Gasteiger partial charge >= 0.3 is 8.56 Å². The lowest BCUT2D eigenvalue weighted by molar-refractivity contribution is 0.406. The van der Waals surface area contributed by atoms with Crippen LogP contribution in [-0.4, -0.2) is 34.8 Å². The molecule has 0 rings (SSSR count). The summed E-state index contributed by atoms with van der Waals surface area (Å²) >= 11 is 23.8. The maximum absolute atomic E-state index is 6.16. The van der Waals surface area contributed by atoms with Gasteiger partial charge in [-0.05, 0) is 26.2 Å². The molecule has 0 radical (unpaired) electrons. The Hall–Kier alpha value is 1.73. The van der Waals surface area contributed by atoms with Crippen LogP contribution < -0.4 is 0 Å². The van der Waals surface area contributed by atoms with Crippen molar-refractivity contribution >= 4 is 69.2 Å². The standard InChI is InChI=1S/C6H16Cl4O2Si3/c1-13(2,11-14(3,9)5-7)12-15(4,10)6-8/h5-6H2,1-4H3. The summed E-state index contributed by atoms with van der Waals surface area (Å²) in [6.07, 6.45) is 0. The zero-order valence-corrected chi connectivity index (χ0v) is 15.3. The van der Waals surface area contributed by atoms with Crippen molar-refractivity contribution in [2.75, 3.05) is 11.0 Å². The summed E-state index contributed by atoms with van der Waals surface area (Å²) in [6.45, 7) is 7.50. The minimum atomic E-state index is -2.33. The Morgan fingerprint density at radius 1 is 0.800 bits per heavy atom. The normalized spacial score (nSPS) is 20.8. The summed E-state index contributed by atoms with van der Waals surface area (Å²) in [5, 5.41) is 0. The second kappa shape index (κ2) is 6.06. The van der Waals surface area contributed by atoms with Gasteiger partial charge in [-0.3, -0.25) is 0 Å². The molecule has 2 nitrogen and oxygen atoms in total. The third kappa shape index (κ3) is 7.62. The number of hydrogen-bond acceptors (Lipinski definition) is 2. The molecule has 0 aliphatic heterocycles. The predicted molar refractivity (Wildman–Crippen MR) is 76.0 cm³/mol. The van der Waals surface area contributed by atoms with E-state index in [9.17, 15) is 0 Å². The van der Waals surface area contributed by atoms with E-state index >= 15 is 0 Å². The summed E-state index contributed by atoms with van der Waals surface area (Å²) in [5.41, 5.74) is 0.658. The molecule has 0 fully saturated rings. The average molecular weight is 346 g/mol. The van der Waals surface area contributed by atoms with Crippen molar-refractivity contribution in [2.24, 2.45) is 0 Å². The molecule has 2 atom stereocenters. The highest BCUT2D eigenvalue weighted by Crippen LogP contribution is 2.25.